The van der Waals surface area contributed by atoms with Gasteiger partial charge < -0.3 is 5.32 Å². The number of rotatable bonds is 3. The van der Waals surface area contributed by atoms with E-state index in [0.717, 1.165) is 12.3 Å². The molecule has 2 aliphatic rings. The van der Waals surface area contributed by atoms with E-state index in [4.69, 9.17) is 0 Å². The molecule has 0 aromatic rings. The fourth-order valence-corrected chi connectivity index (χ4v) is 4.03. The van der Waals surface area contributed by atoms with Crippen LogP contribution in [-0.2, 0) is 9.84 Å². The summed E-state index contributed by atoms with van der Waals surface area (Å²) in [6.45, 7) is 4.38. The highest BCUT2D eigenvalue weighted by Gasteiger charge is 2.40. The minimum Gasteiger partial charge on any atom is -0.308 e. The van der Waals surface area contributed by atoms with Crippen LogP contribution in [0, 0.1) is 5.92 Å². The molecule has 14 heavy (non-hydrogen) atoms. The zero-order valence-electron chi connectivity index (χ0n) is 8.91. The van der Waals surface area contributed by atoms with Crippen LogP contribution in [-0.4, -0.2) is 31.5 Å². The molecule has 0 amide bonds. The van der Waals surface area contributed by atoms with Gasteiger partial charge in [0.1, 0.15) is 0 Å². The van der Waals surface area contributed by atoms with Crippen molar-refractivity contribution in [3.05, 3.63) is 0 Å². The Bertz CT molecular complexity index is 317. The Kier molecular flexibility index (Phi) is 2.39. The standard InChI is InChI=1S/C10H19NO2S/c1-10(2,8-3-4-8)11-9-5-6-14(12,13)7-9/h8-9,11H,3-7H2,1-2H3. The van der Waals surface area contributed by atoms with Gasteiger partial charge in [-0.15, -0.1) is 0 Å². The predicted molar refractivity (Wildman–Crippen MR) is 57.0 cm³/mol. The SMILES string of the molecule is CC(C)(NC1CCS(=O)(=O)C1)C1CC1. The summed E-state index contributed by atoms with van der Waals surface area (Å²) in [7, 11) is -2.74. The molecule has 0 aromatic carbocycles. The molecule has 1 atom stereocenters. The van der Waals surface area contributed by atoms with Crippen LogP contribution < -0.4 is 5.32 Å². The van der Waals surface area contributed by atoms with Crippen LogP contribution in [0.2, 0.25) is 0 Å². The molecule has 1 aliphatic heterocycles. The van der Waals surface area contributed by atoms with Gasteiger partial charge in [-0.05, 0) is 39.0 Å². The molecule has 0 bridgehead atoms. The molecule has 0 aromatic heterocycles. The van der Waals surface area contributed by atoms with E-state index in [1.807, 2.05) is 0 Å². The van der Waals surface area contributed by atoms with Crippen LogP contribution in [0.3, 0.4) is 0 Å². The van der Waals surface area contributed by atoms with E-state index in [1.165, 1.54) is 12.8 Å². The Balaban J connectivity index is 1.92. The molecule has 1 N–H and O–H groups in total. The lowest BCUT2D eigenvalue weighted by Crippen LogP contribution is -2.48. The van der Waals surface area contributed by atoms with Crippen molar-refractivity contribution in [1.29, 1.82) is 0 Å². The second-order valence-corrected chi connectivity index (χ2v) is 7.47. The van der Waals surface area contributed by atoms with Crippen LogP contribution >= 0.6 is 0 Å². The maximum Gasteiger partial charge on any atom is 0.151 e. The van der Waals surface area contributed by atoms with Crippen molar-refractivity contribution in [3.63, 3.8) is 0 Å². The van der Waals surface area contributed by atoms with Crippen molar-refractivity contribution in [2.75, 3.05) is 11.5 Å². The van der Waals surface area contributed by atoms with Gasteiger partial charge in [0.15, 0.2) is 9.84 Å². The lowest BCUT2D eigenvalue weighted by atomic mass is 9.97. The third-order valence-electron chi connectivity index (χ3n) is 3.41. The molecule has 82 valence electrons. The van der Waals surface area contributed by atoms with E-state index in [1.54, 1.807) is 0 Å². The van der Waals surface area contributed by atoms with Crippen LogP contribution in [0.5, 0.6) is 0 Å². The van der Waals surface area contributed by atoms with Gasteiger partial charge in [0.2, 0.25) is 0 Å². The number of hydrogen-bond donors (Lipinski definition) is 1. The second kappa shape index (κ2) is 3.20. The summed E-state index contributed by atoms with van der Waals surface area (Å²) in [6.07, 6.45) is 3.37. The molecule has 2 fully saturated rings. The largest absolute Gasteiger partial charge is 0.308 e. The topological polar surface area (TPSA) is 46.2 Å². The van der Waals surface area contributed by atoms with Gasteiger partial charge in [0, 0.05) is 11.6 Å². The molecule has 1 saturated heterocycles. The van der Waals surface area contributed by atoms with E-state index < -0.39 is 9.84 Å². The molecule has 3 nitrogen and oxygen atoms in total. The first-order valence-electron chi connectivity index (χ1n) is 5.37. The highest BCUT2D eigenvalue weighted by molar-refractivity contribution is 7.91. The Hall–Kier alpha value is -0.0900. The van der Waals surface area contributed by atoms with E-state index in [9.17, 15) is 8.42 Å². The summed E-state index contributed by atoms with van der Waals surface area (Å²) in [5.41, 5.74) is 0.129. The number of sulfone groups is 1. The van der Waals surface area contributed by atoms with E-state index in [-0.39, 0.29) is 11.6 Å². The average Bonchev–Trinajstić information content (AvgIpc) is 2.78. The molecule has 1 saturated carbocycles. The summed E-state index contributed by atoms with van der Waals surface area (Å²) in [5, 5.41) is 3.49. The maximum atomic E-state index is 11.3. The van der Waals surface area contributed by atoms with Crippen molar-refractivity contribution < 1.29 is 8.42 Å². The third kappa shape index (κ3) is 2.28. The minimum atomic E-state index is -2.74. The fourth-order valence-electron chi connectivity index (χ4n) is 2.36. The lowest BCUT2D eigenvalue weighted by Gasteiger charge is -2.29. The van der Waals surface area contributed by atoms with Gasteiger partial charge in [-0.3, -0.25) is 0 Å². The Morgan fingerprint density at radius 2 is 1.86 bits per heavy atom. The summed E-state index contributed by atoms with van der Waals surface area (Å²) in [4.78, 5) is 0. The smallest absolute Gasteiger partial charge is 0.151 e. The monoisotopic (exact) mass is 217 g/mol. The van der Waals surface area contributed by atoms with Crippen molar-refractivity contribution in [2.24, 2.45) is 5.92 Å². The lowest BCUT2D eigenvalue weighted by molar-refractivity contribution is 0.307. The normalized spacial score (nSPS) is 32.0. The van der Waals surface area contributed by atoms with Crippen molar-refractivity contribution in [3.8, 4) is 0 Å². The Morgan fingerprint density at radius 3 is 2.29 bits per heavy atom. The molecule has 1 unspecified atom stereocenters. The van der Waals surface area contributed by atoms with Crippen molar-refractivity contribution >= 4 is 9.84 Å². The van der Waals surface area contributed by atoms with Gasteiger partial charge in [-0.25, -0.2) is 8.42 Å². The van der Waals surface area contributed by atoms with Crippen molar-refractivity contribution in [2.45, 2.75) is 44.7 Å². The highest BCUT2D eigenvalue weighted by Crippen LogP contribution is 2.39. The number of hydrogen-bond acceptors (Lipinski definition) is 3. The zero-order chi connectivity index (χ0) is 10.4. The second-order valence-electron chi connectivity index (χ2n) is 5.24. The molecular weight excluding hydrogens is 198 g/mol. The van der Waals surface area contributed by atoms with Gasteiger partial charge in [0.05, 0.1) is 11.5 Å². The summed E-state index contributed by atoms with van der Waals surface area (Å²) < 4.78 is 22.5. The molecule has 0 spiro atoms. The van der Waals surface area contributed by atoms with Crippen LogP contribution in [0.1, 0.15) is 33.1 Å². The first-order chi connectivity index (χ1) is 6.39. The average molecular weight is 217 g/mol. The van der Waals surface area contributed by atoms with Gasteiger partial charge in [-0.1, -0.05) is 0 Å². The Labute approximate surface area is 86.2 Å². The fraction of sp³-hybridized carbons (Fsp3) is 1.00. The molecular formula is C10H19NO2S. The van der Waals surface area contributed by atoms with Gasteiger partial charge in [0.25, 0.3) is 0 Å². The summed E-state index contributed by atoms with van der Waals surface area (Å²) >= 11 is 0. The summed E-state index contributed by atoms with van der Waals surface area (Å²) in [6, 6.07) is 0.190. The van der Waals surface area contributed by atoms with Gasteiger partial charge in [-0.2, -0.15) is 0 Å². The van der Waals surface area contributed by atoms with Crippen LogP contribution in [0.25, 0.3) is 0 Å². The van der Waals surface area contributed by atoms with E-state index in [0.29, 0.717) is 11.5 Å². The zero-order valence-corrected chi connectivity index (χ0v) is 9.73. The first-order valence-corrected chi connectivity index (χ1v) is 7.19. The number of nitrogens with one attached hydrogen (secondary N) is 1. The quantitative estimate of drug-likeness (QED) is 0.765. The Morgan fingerprint density at radius 1 is 1.21 bits per heavy atom. The molecule has 4 heteroatoms. The van der Waals surface area contributed by atoms with Gasteiger partial charge >= 0.3 is 0 Å². The molecule has 0 radical (unpaired) electrons. The third-order valence-corrected chi connectivity index (χ3v) is 5.17. The van der Waals surface area contributed by atoms with E-state index in [2.05, 4.69) is 19.2 Å². The maximum absolute atomic E-state index is 11.3. The summed E-state index contributed by atoms with van der Waals surface area (Å²) in [5.74, 6) is 1.46. The predicted octanol–water partition coefficient (Wildman–Crippen LogP) is 0.952. The molecule has 1 aliphatic carbocycles. The minimum absolute atomic E-state index is 0.129. The molecule has 2 rings (SSSR count). The van der Waals surface area contributed by atoms with Crippen LogP contribution in [0.15, 0.2) is 0 Å². The van der Waals surface area contributed by atoms with E-state index >= 15 is 0 Å². The highest BCUT2D eigenvalue weighted by atomic mass is 32.2. The first kappa shape index (κ1) is 10.4. The van der Waals surface area contributed by atoms with Crippen molar-refractivity contribution in [1.82, 2.24) is 5.32 Å². The van der Waals surface area contributed by atoms with Crippen LogP contribution in [0.4, 0.5) is 0 Å². The molecule has 1 heterocycles.